The van der Waals surface area contributed by atoms with Gasteiger partial charge in [0.15, 0.2) is 0 Å². The molecule has 224 valence electrons. The average Bonchev–Trinajstić information content (AvgIpc) is 3.47. The number of hydrogen-bond acceptors (Lipinski definition) is 4. The van der Waals surface area contributed by atoms with Crippen LogP contribution in [0.15, 0.2) is 94.7 Å². The Kier molecular flexibility index (Phi) is 8.82. The molecule has 0 unspecified atom stereocenters. The van der Waals surface area contributed by atoms with Crippen LogP contribution in [-0.2, 0) is 29.3 Å². The molecule has 2 aliphatic rings. The highest BCUT2D eigenvalue weighted by molar-refractivity contribution is 7.91. The molecule has 0 atom stereocenters. The van der Waals surface area contributed by atoms with Gasteiger partial charge in [-0.1, -0.05) is 99.5 Å². The molecule has 6 rings (SSSR count). The number of rotatable bonds is 6. The average molecular weight is 596 g/mol. The summed E-state index contributed by atoms with van der Waals surface area (Å²) in [4.78, 5) is 17.0. The van der Waals surface area contributed by atoms with Crippen LogP contribution in [0.2, 0.25) is 0 Å². The molecule has 0 bridgehead atoms. The zero-order valence-corrected chi connectivity index (χ0v) is 25.5. The van der Waals surface area contributed by atoms with Gasteiger partial charge in [0.05, 0.1) is 9.79 Å². The number of hydrogen-bond donors (Lipinski definition) is 3. The van der Waals surface area contributed by atoms with E-state index in [1.165, 1.54) is 69.0 Å². The molecule has 1 spiro atoms. The number of amides is 1. The largest absolute Gasteiger partial charge is 0.354 e. The van der Waals surface area contributed by atoms with Crippen LogP contribution in [0.25, 0.3) is 11.1 Å². The van der Waals surface area contributed by atoms with E-state index in [2.05, 4.69) is 15.6 Å². The first kappa shape index (κ1) is 29.4. The minimum absolute atomic E-state index is 0.134. The zero-order valence-electron chi connectivity index (χ0n) is 24.7. The SMILES string of the molecule is O=C(NCc1ccc(S(=O)(=O)c2ccc(-c3ccccc3)cc2)cc1)c1cc2c([nH]1)CC1(CCCCCCCCC1)NC2. The number of nitrogens with one attached hydrogen (secondary N) is 3. The highest BCUT2D eigenvalue weighted by Crippen LogP contribution is 2.33. The van der Waals surface area contributed by atoms with Gasteiger partial charge in [0.1, 0.15) is 5.69 Å². The van der Waals surface area contributed by atoms with Crippen molar-refractivity contribution in [1.29, 1.82) is 0 Å². The molecule has 1 amide bonds. The molecule has 0 radical (unpaired) electrons. The van der Waals surface area contributed by atoms with E-state index in [4.69, 9.17) is 0 Å². The van der Waals surface area contributed by atoms with Gasteiger partial charge in [-0.05, 0) is 65.4 Å². The fourth-order valence-corrected chi connectivity index (χ4v) is 7.87. The fourth-order valence-electron chi connectivity index (χ4n) is 6.61. The Hall–Kier alpha value is -3.68. The second-order valence-electron chi connectivity index (χ2n) is 12.2. The minimum Gasteiger partial charge on any atom is -0.354 e. The number of carbonyl (C=O) groups is 1. The lowest BCUT2D eigenvalue weighted by molar-refractivity contribution is 0.0946. The van der Waals surface area contributed by atoms with E-state index in [0.717, 1.165) is 29.7 Å². The van der Waals surface area contributed by atoms with Crippen LogP contribution in [-0.4, -0.2) is 24.8 Å². The van der Waals surface area contributed by atoms with Gasteiger partial charge in [-0.3, -0.25) is 4.79 Å². The van der Waals surface area contributed by atoms with Crippen molar-refractivity contribution >= 4 is 15.7 Å². The maximum Gasteiger partial charge on any atom is 0.267 e. The van der Waals surface area contributed by atoms with Gasteiger partial charge in [-0.15, -0.1) is 0 Å². The normalized spacial score (nSPS) is 17.2. The number of benzene rings is 3. The molecule has 1 aromatic heterocycles. The molecule has 3 aromatic carbocycles. The monoisotopic (exact) mass is 595 g/mol. The molecular formula is C36H41N3O3S. The summed E-state index contributed by atoms with van der Waals surface area (Å²) < 4.78 is 26.5. The number of aromatic nitrogens is 1. The van der Waals surface area contributed by atoms with Gasteiger partial charge >= 0.3 is 0 Å². The standard InChI is InChI=1S/C36H41N3O3S/c40-35(33-23-30-26-38-36(24-34(30)39-33)21-9-4-2-1-3-5-10-22-36)37-25-27-13-17-31(18-14-27)43(41,42)32-19-15-29(16-20-32)28-11-7-6-8-12-28/h6-8,11-20,23,38-39H,1-5,9-10,21-22,24-26H2,(H,37,40). The van der Waals surface area contributed by atoms with Crippen LogP contribution in [0.5, 0.6) is 0 Å². The topological polar surface area (TPSA) is 91.1 Å². The van der Waals surface area contributed by atoms with Crippen molar-refractivity contribution in [3.8, 4) is 11.1 Å². The third-order valence-corrected chi connectivity index (χ3v) is 11.0. The summed E-state index contributed by atoms with van der Waals surface area (Å²) in [5.41, 5.74) is 5.93. The van der Waals surface area contributed by atoms with Crippen molar-refractivity contribution < 1.29 is 13.2 Å². The molecule has 4 aromatic rings. The maximum absolute atomic E-state index is 13.2. The van der Waals surface area contributed by atoms with Crippen LogP contribution in [0.1, 0.15) is 85.1 Å². The van der Waals surface area contributed by atoms with Crippen LogP contribution >= 0.6 is 0 Å². The van der Waals surface area contributed by atoms with E-state index in [-0.39, 0.29) is 21.2 Å². The van der Waals surface area contributed by atoms with Crippen LogP contribution in [0.4, 0.5) is 0 Å². The van der Waals surface area contributed by atoms with Gasteiger partial charge in [-0.2, -0.15) is 0 Å². The maximum atomic E-state index is 13.2. The second kappa shape index (κ2) is 12.9. The Labute approximate surface area is 255 Å². The van der Waals surface area contributed by atoms with Crippen molar-refractivity contribution in [2.75, 3.05) is 0 Å². The first-order chi connectivity index (χ1) is 20.9. The van der Waals surface area contributed by atoms with Crippen molar-refractivity contribution in [2.45, 2.75) is 92.6 Å². The van der Waals surface area contributed by atoms with Crippen molar-refractivity contribution in [2.24, 2.45) is 0 Å². The first-order valence-electron chi connectivity index (χ1n) is 15.7. The number of H-pyrrole nitrogens is 1. The van der Waals surface area contributed by atoms with E-state index < -0.39 is 9.84 Å². The summed E-state index contributed by atoms with van der Waals surface area (Å²) in [5, 5.41) is 6.86. The summed E-state index contributed by atoms with van der Waals surface area (Å²) in [7, 11) is -3.65. The highest BCUT2D eigenvalue weighted by atomic mass is 32.2. The lowest BCUT2D eigenvalue weighted by Crippen LogP contribution is -2.49. The fraction of sp³-hybridized carbons (Fsp3) is 0.361. The molecule has 2 heterocycles. The number of aromatic amines is 1. The number of fused-ring (bicyclic) bond motifs is 1. The van der Waals surface area contributed by atoms with E-state index in [1.54, 1.807) is 36.4 Å². The summed E-state index contributed by atoms with van der Waals surface area (Å²) in [6.07, 6.45) is 12.5. The number of carbonyl (C=O) groups excluding carboxylic acids is 1. The predicted molar refractivity (Wildman–Crippen MR) is 171 cm³/mol. The van der Waals surface area contributed by atoms with Gasteiger partial charge in [0.25, 0.3) is 5.91 Å². The molecule has 6 nitrogen and oxygen atoms in total. The second-order valence-corrected chi connectivity index (χ2v) is 14.1. The highest BCUT2D eigenvalue weighted by Gasteiger charge is 2.34. The van der Waals surface area contributed by atoms with Crippen molar-refractivity contribution in [1.82, 2.24) is 15.6 Å². The van der Waals surface area contributed by atoms with Crippen LogP contribution in [0, 0.1) is 0 Å². The Bertz CT molecular complexity index is 1630. The lowest BCUT2D eigenvalue weighted by Gasteiger charge is -2.39. The third-order valence-electron chi connectivity index (χ3n) is 9.17. The number of sulfone groups is 1. The first-order valence-corrected chi connectivity index (χ1v) is 17.1. The van der Waals surface area contributed by atoms with Crippen molar-refractivity contribution in [3.05, 3.63) is 107 Å². The summed E-state index contributed by atoms with van der Waals surface area (Å²) in [5.74, 6) is -0.149. The predicted octanol–water partition coefficient (Wildman–Crippen LogP) is 7.35. The molecule has 1 aliphatic carbocycles. The molecule has 1 aliphatic heterocycles. The Morgan fingerprint density at radius 1 is 0.744 bits per heavy atom. The molecule has 1 saturated carbocycles. The van der Waals surface area contributed by atoms with Gasteiger partial charge in [-0.25, -0.2) is 8.42 Å². The Balaban J connectivity index is 1.07. The third kappa shape index (κ3) is 6.78. The van der Waals surface area contributed by atoms with Gasteiger partial charge in [0.2, 0.25) is 9.84 Å². The molecule has 0 saturated heterocycles. The van der Waals surface area contributed by atoms with E-state index in [0.29, 0.717) is 12.2 Å². The van der Waals surface area contributed by atoms with Crippen molar-refractivity contribution in [3.63, 3.8) is 0 Å². The Morgan fingerprint density at radius 3 is 1.98 bits per heavy atom. The summed E-state index contributed by atoms with van der Waals surface area (Å²) in [6.45, 7) is 1.11. The summed E-state index contributed by atoms with van der Waals surface area (Å²) >= 11 is 0. The molecule has 1 fully saturated rings. The smallest absolute Gasteiger partial charge is 0.267 e. The quantitative estimate of drug-likeness (QED) is 0.217. The molecule has 3 N–H and O–H groups in total. The van der Waals surface area contributed by atoms with Crippen LogP contribution < -0.4 is 10.6 Å². The lowest BCUT2D eigenvalue weighted by atomic mass is 9.79. The Morgan fingerprint density at radius 2 is 1.33 bits per heavy atom. The van der Waals surface area contributed by atoms with E-state index in [9.17, 15) is 13.2 Å². The van der Waals surface area contributed by atoms with E-state index in [1.807, 2.05) is 48.5 Å². The molecule has 43 heavy (non-hydrogen) atoms. The summed E-state index contributed by atoms with van der Waals surface area (Å²) in [6, 6.07) is 25.6. The molecule has 7 heteroatoms. The minimum atomic E-state index is -3.65. The molecular weight excluding hydrogens is 554 g/mol. The van der Waals surface area contributed by atoms with E-state index >= 15 is 0 Å². The van der Waals surface area contributed by atoms with Gasteiger partial charge < -0.3 is 15.6 Å². The van der Waals surface area contributed by atoms with Gasteiger partial charge in [0, 0.05) is 30.7 Å². The van der Waals surface area contributed by atoms with Crippen LogP contribution in [0.3, 0.4) is 0 Å². The zero-order chi connectivity index (χ0) is 29.7.